The van der Waals surface area contributed by atoms with Gasteiger partial charge in [-0.1, -0.05) is 96.2 Å². The monoisotopic (exact) mass is 606 g/mol. The van der Waals surface area contributed by atoms with Gasteiger partial charge in [0, 0.05) is 0 Å². The van der Waals surface area contributed by atoms with Gasteiger partial charge in [-0.05, 0) is 10.8 Å². The second-order valence-corrected chi connectivity index (χ2v) is 12.2. The first-order valence-electron chi connectivity index (χ1n) is 14.6. The van der Waals surface area contributed by atoms with E-state index in [2.05, 4.69) is 101 Å². The maximum Gasteiger partial charge on any atom is -0.171 e. The molecule has 1 fully saturated rings. The molecule has 1 saturated carbocycles. The number of benzene rings is 3. The Morgan fingerprint density at radius 3 is 1.38 bits per heavy atom. The zero-order chi connectivity index (χ0) is 29.4. The van der Waals surface area contributed by atoms with Crippen LogP contribution in [0.4, 0.5) is 0 Å². The molecule has 1 heteroatoms. The summed E-state index contributed by atoms with van der Waals surface area (Å²) in [6, 6.07) is 38.7. The average molecular weight is 608 g/mol. The molecule has 0 aromatic heterocycles. The molecule has 0 N–H and O–H groups in total. The van der Waals surface area contributed by atoms with Gasteiger partial charge in [0.15, 0.2) is 0 Å². The van der Waals surface area contributed by atoms with Crippen molar-refractivity contribution in [1.29, 1.82) is 0 Å². The van der Waals surface area contributed by atoms with Gasteiger partial charge in [-0.25, -0.2) is 12.1 Å². The van der Waals surface area contributed by atoms with Crippen molar-refractivity contribution in [1.82, 2.24) is 0 Å². The van der Waals surface area contributed by atoms with Crippen molar-refractivity contribution in [2.45, 2.75) is 84.5 Å². The molecule has 40 heavy (non-hydrogen) atoms. The summed E-state index contributed by atoms with van der Waals surface area (Å²) >= 11 is 1.30. The van der Waals surface area contributed by atoms with E-state index >= 15 is 0 Å². The van der Waals surface area contributed by atoms with Gasteiger partial charge in [0.1, 0.15) is 0 Å². The molecule has 0 atom stereocenters. The van der Waals surface area contributed by atoms with E-state index in [4.69, 9.17) is 0 Å². The Bertz CT molecular complexity index is 1200. The fourth-order valence-electron chi connectivity index (χ4n) is 4.52. The van der Waals surface area contributed by atoms with Crippen molar-refractivity contribution in [2.75, 3.05) is 0 Å². The summed E-state index contributed by atoms with van der Waals surface area (Å²) in [5.41, 5.74) is 3.21. The molecule has 0 amide bonds. The Labute approximate surface area is 259 Å². The van der Waals surface area contributed by atoms with E-state index < -0.39 is 0 Å². The zero-order valence-corrected chi connectivity index (χ0v) is 28.1. The molecule has 1 aliphatic rings. The quantitative estimate of drug-likeness (QED) is 0.154. The van der Waals surface area contributed by atoms with Gasteiger partial charge in [0.25, 0.3) is 0 Å². The molecule has 5 aromatic rings. The van der Waals surface area contributed by atoms with Gasteiger partial charge in [-0.2, -0.15) is 67.4 Å². The van der Waals surface area contributed by atoms with Gasteiger partial charge in [0.05, 0.1) is 0 Å². The first kappa shape index (κ1) is 33.8. The molecule has 6 rings (SSSR count). The molecule has 0 saturated heterocycles. The van der Waals surface area contributed by atoms with Crippen LogP contribution >= 0.6 is 0 Å². The third-order valence-corrected chi connectivity index (χ3v) is 6.92. The minimum atomic E-state index is 0.203. The number of fused-ring (bicyclic) bond motifs is 3. The zero-order valence-electron chi connectivity index (χ0n) is 25.6. The Kier molecular flexibility index (Phi) is 14.8. The standard InChI is InChI=1S/C21H25.C6H11.C6H5.C5H5.CH2.Zr/c1-20(2,3)16-7-9-18-14(12-16)11-15-13-17(21(4,5)6)8-10-19(15)18;2*1-2-4-6-5-3-1;1-2-4-5-3-1;;/h7-13H,1-6H3;1H,2-6H2;1-5H;1-5H;1H2;/q4*-1;;. The van der Waals surface area contributed by atoms with E-state index in [9.17, 15) is 0 Å². The average Bonchev–Trinajstić information content (AvgIpc) is 3.67. The maximum absolute atomic E-state index is 3.34. The minimum absolute atomic E-state index is 0.203. The fraction of sp³-hybridized carbons (Fsp3) is 0.333. The van der Waals surface area contributed by atoms with E-state index in [1.165, 1.54) is 89.0 Å². The number of hydrogen-bond acceptors (Lipinski definition) is 0. The Balaban J connectivity index is 0.000000237. The van der Waals surface area contributed by atoms with Crippen molar-refractivity contribution in [3.8, 4) is 0 Å². The molecule has 0 aliphatic heterocycles. The summed E-state index contributed by atoms with van der Waals surface area (Å²) in [7, 11) is 0. The van der Waals surface area contributed by atoms with Crippen molar-refractivity contribution in [2.24, 2.45) is 0 Å². The summed E-state index contributed by atoms with van der Waals surface area (Å²) in [4.78, 5) is 0. The predicted molar refractivity (Wildman–Crippen MR) is 176 cm³/mol. The molecule has 0 spiro atoms. The Morgan fingerprint density at radius 2 is 1.12 bits per heavy atom. The minimum Gasteiger partial charge on any atom is -0.214 e. The van der Waals surface area contributed by atoms with E-state index in [1.54, 1.807) is 0 Å². The Hall–Kier alpha value is -2.37. The van der Waals surface area contributed by atoms with Crippen LogP contribution < -0.4 is 0 Å². The summed E-state index contributed by atoms with van der Waals surface area (Å²) < 4.78 is 3.34. The van der Waals surface area contributed by atoms with Crippen molar-refractivity contribution in [3.05, 3.63) is 127 Å². The fourth-order valence-corrected chi connectivity index (χ4v) is 4.52. The SMILES string of the molecule is CC(C)(C)c1ccc2c(c1)[cH-]c1cc(C(C)(C)C)ccc12.[CH-]1CCCCC1.[CH2]=[Zr].[c-]1ccccc1.c1cc[cH-]c1. The van der Waals surface area contributed by atoms with Gasteiger partial charge >= 0.3 is 28.4 Å². The van der Waals surface area contributed by atoms with Crippen LogP contribution in [0.25, 0.3) is 21.5 Å². The van der Waals surface area contributed by atoms with Gasteiger partial charge in [-0.15, -0.1) is 39.7 Å². The van der Waals surface area contributed by atoms with Crippen molar-refractivity contribution in [3.63, 3.8) is 0 Å². The largest absolute Gasteiger partial charge is 0.214 e. The molecule has 0 nitrogen and oxygen atoms in total. The van der Waals surface area contributed by atoms with Crippen LogP contribution in [0.5, 0.6) is 0 Å². The number of rotatable bonds is 0. The van der Waals surface area contributed by atoms with Crippen LogP contribution in [0, 0.1) is 12.5 Å². The third kappa shape index (κ3) is 11.6. The molecule has 212 valence electrons. The smallest absolute Gasteiger partial charge is 0.171 e. The number of hydrogen-bond donors (Lipinski definition) is 0. The van der Waals surface area contributed by atoms with Gasteiger partial charge in [0.2, 0.25) is 0 Å². The summed E-state index contributed by atoms with van der Waals surface area (Å²) in [5, 5.41) is 5.48. The topological polar surface area (TPSA) is 0 Å². The van der Waals surface area contributed by atoms with Crippen molar-refractivity contribution < 1.29 is 24.2 Å². The first-order valence-corrected chi connectivity index (χ1v) is 16.3. The molecular weight excluding hydrogens is 560 g/mol. The van der Waals surface area contributed by atoms with Crippen molar-refractivity contribution >= 4 is 25.8 Å². The molecule has 0 unspecified atom stereocenters. The second kappa shape index (κ2) is 17.4. The van der Waals surface area contributed by atoms with Crippen LogP contribution in [-0.2, 0) is 35.1 Å². The van der Waals surface area contributed by atoms with Crippen LogP contribution in [0.1, 0.15) is 84.8 Å². The van der Waals surface area contributed by atoms with E-state index in [0.717, 1.165) is 0 Å². The Morgan fingerprint density at radius 1 is 0.650 bits per heavy atom. The second-order valence-electron chi connectivity index (χ2n) is 12.2. The van der Waals surface area contributed by atoms with Crippen LogP contribution in [0.2, 0.25) is 0 Å². The maximum atomic E-state index is 3.34. The summed E-state index contributed by atoms with van der Waals surface area (Å²) in [6.07, 6.45) is 9.50. The van der Waals surface area contributed by atoms with Crippen LogP contribution in [-0.4, -0.2) is 4.21 Å². The van der Waals surface area contributed by atoms with Crippen LogP contribution in [0.3, 0.4) is 0 Å². The predicted octanol–water partition coefficient (Wildman–Crippen LogP) is 11.3. The van der Waals surface area contributed by atoms with E-state index in [1.807, 2.05) is 60.7 Å². The molecule has 1 aliphatic carbocycles. The summed E-state index contributed by atoms with van der Waals surface area (Å²) in [5.74, 6) is 0. The summed E-state index contributed by atoms with van der Waals surface area (Å²) in [6.45, 7) is 13.6. The third-order valence-electron chi connectivity index (χ3n) is 6.92. The van der Waals surface area contributed by atoms with E-state index in [-0.39, 0.29) is 10.8 Å². The molecule has 5 aromatic carbocycles. The molecule has 0 heterocycles. The normalized spacial score (nSPS) is 12.8. The van der Waals surface area contributed by atoms with E-state index in [0.29, 0.717) is 0 Å². The van der Waals surface area contributed by atoms with Gasteiger partial charge in [-0.3, -0.25) is 0 Å². The molecular formula is C39H48Zr-4. The molecule has 0 bridgehead atoms. The molecule has 0 radical (unpaired) electrons. The first-order chi connectivity index (χ1) is 19.2. The van der Waals surface area contributed by atoms with Gasteiger partial charge < -0.3 is 6.42 Å². The van der Waals surface area contributed by atoms with Crippen LogP contribution in [0.15, 0.2) is 103 Å².